The molecule has 23 heavy (non-hydrogen) atoms. The van der Waals surface area contributed by atoms with Crippen molar-refractivity contribution in [2.45, 2.75) is 39.2 Å². The van der Waals surface area contributed by atoms with Crippen LogP contribution in [-0.4, -0.2) is 36.2 Å². The summed E-state index contributed by atoms with van der Waals surface area (Å²) in [6.45, 7) is 8.08. The number of hydrogen-bond donors (Lipinski definition) is 1. The number of ether oxygens (including phenoxy) is 1. The minimum absolute atomic E-state index is 0.204. The Morgan fingerprint density at radius 1 is 1.39 bits per heavy atom. The maximum absolute atomic E-state index is 12.0. The highest BCUT2D eigenvalue weighted by atomic mass is 79.9. The summed E-state index contributed by atoms with van der Waals surface area (Å²) in [5.41, 5.74) is 0.611. The number of rotatable bonds is 3. The molecule has 1 aliphatic heterocycles. The maximum Gasteiger partial charge on any atom is 0.410 e. The van der Waals surface area contributed by atoms with E-state index in [1.165, 1.54) is 0 Å². The lowest BCUT2D eigenvalue weighted by molar-refractivity contribution is 0.0188. The van der Waals surface area contributed by atoms with Gasteiger partial charge in [-0.2, -0.15) is 0 Å². The smallest absolute Gasteiger partial charge is 0.410 e. The molecule has 0 bridgehead atoms. The van der Waals surface area contributed by atoms with Crippen LogP contribution in [0.2, 0.25) is 5.02 Å². The highest BCUT2D eigenvalue weighted by molar-refractivity contribution is 9.10. The van der Waals surface area contributed by atoms with Gasteiger partial charge in [0.2, 0.25) is 0 Å². The molecule has 1 N–H and O–H groups in total. The highest BCUT2D eigenvalue weighted by Crippen LogP contribution is 2.27. The Morgan fingerprint density at radius 3 is 2.61 bits per heavy atom. The van der Waals surface area contributed by atoms with Gasteiger partial charge in [0.25, 0.3) is 0 Å². The number of carbonyl (C=O) groups excluding carboxylic acids is 1. The Hall–Kier alpha value is -0.940. The lowest BCUT2D eigenvalue weighted by atomic mass is 9.97. The molecule has 1 saturated heterocycles. The Bertz CT molecular complexity index is 552. The van der Waals surface area contributed by atoms with Crippen LogP contribution in [-0.2, 0) is 4.74 Å². The van der Waals surface area contributed by atoms with Crippen LogP contribution in [0, 0.1) is 5.92 Å². The summed E-state index contributed by atoms with van der Waals surface area (Å²) in [7, 11) is 0. The van der Waals surface area contributed by atoms with Crippen molar-refractivity contribution in [3.63, 3.8) is 0 Å². The average molecular weight is 404 g/mol. The largest absolute Gasteiger partial charge is 0.444 e. The monoisotopic (exact) mass is 402 g/mol. The first-order chi connectivity index (χ1) is 10.7. The standard InChI is InChI=1S/C17H24BrClN2O2/c1-17(2,3)23-16(22)21-8-6-12(7-9-21)11-20-15-5-4-13(19)10-14(15)18/h4-5,10,12,20H,6-9,11H2,1-3H3. The molecule has 1 fully saturated rings. The normalized spacial score (nSPS) is 16.3. The number of nitrogens with zero attached hydrogens (tertiary/aromatic N) is 1. The molecule has 1 heterocycles. The molecular formula is C17H24BrClN2O2. The number of nitrogens with one attached hydrogen (secondary N) is 1. The third-order valence-electron chi connectivity index (χ3n) is 3.78. The van der Waals surface area contributed by atoms with E-state index in [1.807, 2.05) is 39.0 Å². The second-order valence-corrected chi connectivity index (χ2v) is 8.21. The third-order valence-corrected chi connectivity index (χ3v) is 4.67. The van der Waals surface area contributed by atoms with E-state index >= 15 is 0 Å². The number of carbonyl (C=O) groups is 1. The number of hydrogen-bond acceptors (Lipinski definition) is 3. The van der Waals surface area contributed by atoms with Gasteiger partial charge in [0, 0.05) is 34.8 Å². The molecule has 1 amide bonds. The Labute approximate surface area is 151 Å². The van der Waals surface area contributed by atoms with Crippen LogP contribution >= 0.6 is 27.5 Å². The molecule has 0 aromatic heterocycles. The number of piperidine rings is 1. The van der Waals surface area contributed by atoms with Gasteiger partial charge in [0.15, 0.2) is 0 Å². The van der Waals surface area contributed by atoms with E-state index in [0.29, 0.717) is 10.9 Å². The van der Waals surface area contributed by atoms with Gasteiger partial charge in [0.05, 0.1) is 0 Å². The van der Waals surface area contributed by atoms with E-state index in [1.54, 1.807) is 4.90 Å². The molecule has 1 aromatic carbocycles. The molecule has 1 aliphatic rings. The molecule has 6 heteroatoms. The minimum atomic E-state index is -0.434. The Morgan fingerprint density at radius 2 is 2.04 bits per heavy atom. The van der Waals surface area contributed by atoms with Crippen molar-refractivity contribution in [1.29, 1.82) is 0 Å². The third kappa shape index (κ3) is 5.88. The first kappa shape index (κ1) is 18.4. The van der Waals surface area contributed by atoms with Crippen LogP contribution in [0.15, 0.2) is 22.7 Å². The van der Waals surface area contributed by atoms with Gasteiger partial charge in [-0.15, -0.1) is 0 Å². The molecule has 0 unspecified atom stereocenters. The van der Waals surface area contributed by atoms with Crippen LogP contribution in [0.5, 0.6) is 0 Å². The second-order valence-electron chi connectivity index (χ2n) is 6.92. The second kappa shape index (κ2) is 7.75. The fraction of sp³-hybridized carbons (Fsp3) is 0.588. The molecule has 2 rings (SSSR count). The van der Waals surface area contributed by atoms with Gasteiger partial charge in [-0.25, -0.2) is 4.79 Å². The van der Waals surface area contributed by atoms with Crippen LogP contribution < -0.4 is 5.32 Å². The van der Waals surface area contributed by atoms with Gasteiger partial charge in [-0.05, 0) is 73.7 Å². The molecule has 0 radical (unpaired) electrons. The molecule has 0 aliphatic carbocycles. The van der Waals surface area contributed by atoms with Crippen molar-refractivity contribution in [1.82, 2.24) is 4.90 Å². The molecule has 4 nitrogen and oxygen atoms in total. The van der Waals surface area contributed by atoms with E-state index in [9.17, 15) is 4.79 Å². The zero-order valence-electron chi connectivity index (χ0n) is 13.9. The topological polar surface area (TPSA) is 41.6 Å². The van der Waals surface area contributed by atoms with Crippen molar-refractivity contribution in [3.05, 3.63) is 27.7 Å². The minimum Gasteiger partial charge on any atom is -0.444 e. The summed E-state index contributed by atoms with van der Waals surface area (Å²) < 4.78 is 6.39. The van der Waals surface area contributed by atoms with E-state index in [4.69, 9.17) is 16.3 Å². The van der Waals surface area contributed by atoms with Crippen LogP contribution in [0.25, 0.3) is 0 Å². The van der Waals surface area contributed by atoms with Crippen LogP contribution in [0.4, 0.5) is 10.5 Å². The van der Waals surface area contributed by atoms with Crippen LogP contribution in [0.3, 0.4) is 0 Å². The van der Waals surface area contributed by atoms with E-state index in [0.717, 1.165) is 42.6 Å². The summed E-state index contributed by atoms with van der Waals surface area (Å²) in [5, 5.41) is 4.17. The van der Waals surface area contributed by atoms with E-state index in [2.05, 4.69) is 21.2 Å². The van der Waals surface area contributed by atoms with Gasteiger partial charge in [-0.3, -0.25) is 0 Å². The fourth-order valence-corrected chi connectivity index (χ4v) is 3.36. The number of halogens is 2. The highest BCUT2D eigenvalue weighted by Gasteiger charge is 2.26. The predicted octanol–water partition coefficient (Wildman–Crippen LogP) is 5.16. The Balaban J connectivity index is 1.77. The molecule has 128 valence electrons. The zero-order chi connectivity index (χ0) is 17.0. The van der Waals surface area contributed by atoms with Crippen molar-refractivity contribution < 1.29 is 9.53 Å². The van der Waals surface area contributed by atoms with Crippen molar-refractivity contribution >= 4 is 39.3 Å². The summed E-state index contributed by atoms with van der Waals surface area (Å²) in [5.74, 6) is 0.552. The zero-order valence-corrected chi connectivity index (χ0v) is 16.2. The lowest BCUT2D eigenvalue weighted by Gasteiger charge is -2.33. The maximum atomic E-state index is 12.0. The summed E-state index contributed by atoms with van der Waals surface area (Å²) in [4.78, 5) is 13.9. The SMILES string of the molecule is CC(C)(C)OC(=O)N1CCC(CNc2ccc(Cl)cc2Br)CC1. The number of anilines is 1. The van der Waals surface area contributed by atoms with Crippen molar-refractivity contribution in [2.75, 3.05) is 25.0 Å². The number of benzene rings is 1. The van der Waals surface area contributed by atoms with Gasteiger partial charge in [-0.1, -0.05) is 11.6 Å². The lowest BCUT2D eigenvalue weighted by Crippen LogP contribution is -2.42. The van der Waals surface area contributed by atoms with Gasteiger partial charge >= 0.3 is 6.09 Å². The van der Waals surface area contributed by atoms with Crippen molar-refractivity contribution in [2.24, 2.45) is 5.92 Å². The van der Waals surface area contributed by atoms with Gasteiger partial charge in [0.1, 0.15) is 5.60 Å². The molecule has 0 spiro atoms. The molecule has 0 atom stereocenters. The molecular weight excluding hydrogens is 380 g/mol. The first-order valence-corrected chi connectivity index (χ1v) is 9.08. The quantitative estimate of drug-likeness (QED) is 0.757. The van der Waals surface area contributed by atoms with Crippen LogP contribution in [0.1, 0.15) is 33.6 Å². The van der Waals surface area contributed by atoms with Gasteiger partial charge < -0.3 is 15.0 Å². The number of amides is 1. The fourth-order valence-electron chi connectivity index (χ4n) is 2.53. The number of likely N-dealkylation sites (tertiary alicyclic amines) is 1. The van der Waals surface area contributed by atoms with E-state index < -0.39 is 5.60 Å². The van der Waals surface area contributed by atoms with E-state index in [-0.39, 0.29) is 6.09 Å². The average Bonchev–Trinajstić information content (AvgIpc) is 2.45. The summed E-state index contributed by atoms with van der Waals surface area (Å²) in [6.07, 6.45) is 1.76. The van der Waals surface area contributed by atoms with Crippen molar-refractivity contribution in [3.8, 4) is 0 Å². The summed E-state index contributed by atoms with van der Waals surface area (Å²) in [6, 6.07) is 5.73. The predicted molar refractivity (Wildman–Crippen MR) is 98.2 cm³/mol. The first-order valence-electron chi connectivity index (χ1n) is 7.91. The molecule has 1 aromatic rings. The Kier molecular flexibility index (Phi) is 6.20. The molecule has 0 saturated carbocycles. The summed E-state index contributed by atoms with van der Waals surface area (Å²) >= 11 is 9.46.